The number of hydrogen-bond acceptors (Lipinski definition) is 2. The largest absolute Gasteiger partial charge is 0.434 e. The van der Waals surface area contributed by atoms with Gasteiger partial charge in [-0.25, -0.2) is 9.83 Å². The van der Waals surface area contributed by atoms with E-state index in [1.54, 1.807) is 12.1 Å². The van der Waals surface area contributed by atoms with E-state index in [0.717, 1.165) is 17.5 Å². The molecule has 0 aliphatic carbocycles. The maximum atomic E-state index is 13.1. The van der Waals surface area contributed by atoms with Crippen LogP contribution < -0.4 is 0 Å². The summed E-state index contributed by atoms with van der Waals surface area (Å²) in [4.78, 5) is 6.94. The summed E-state index contributed by atoms with van der Waals surface area (Å²) >= 11 is 13.0. The van der Waals surface area contributed by atoms with Crippen molar-refractivity contribution in [1.29, 1.82) is 0 Å². The number of thiophene rings is 1. The molecule has 0 fully saturated rings. The van der Waals surface area contributed by atoms with Crippen LogP contribution in [0.25, 0.3) is 21.9 Å². The predicted octanol–water partition coefficient (Wildman–Crippen LogP) is 6.48. The van der Waals surface area contributed by atoms with Crippen LogP contribution in [0.3, 0.4) is 0 Å². The van der Waals surface area contributed by atoms with Crippen molar-refractivity contribution < 1.29 is 13.2 Å². The Morgan fingerprint density at radius 2 is 1.83 bits per heavy atom. The molecule has 1 aromatic carbocycles. The molecule has 0 aliphatic rings. The molecule has 2 aromatic heterocycles. The zero-order chi connectivity index (χ0) is 17.5. The fraction of sp³-hybridized carbons (Fsp3) is 0.0667. The van der Waals surface area contributed by atoms with Gasteiger partial charge in [0.2, 0.25) is 0 Å². The van der Waals surface area contributed by atoms with Gasteiger partial charge < -0.3 is 0 Å². The maximum Gasteiger partial charge on any atom is 0.434 e. The van der Waals surface area contributed by atoms with Crippen LogP contribution in [-0.4, -0.2) is 9.55 Å². The minimum Gasteiger partial charge on any atom is -0.299 e. The number of alkyl halides is 3. The van der Waals surface area contributed by atoms with Gasteiger partial charge in [-0.2, -0.15) is 13.2 Å². The van der Waals surface area contributed by atoms with E-state index in [-0.39, 0.29) is 10.2 Å². The van der Waals surface area contributed by atoms with Gasteiger partial charge in [-0.1, -0.05) is 35.3 Å². The molecule has 0 spiro atoms. The number of imidazole rings is 1. The number of hydrogen-bond donors (Lipinski definition) is 0. The third kappa shape index (κ3) is 3.13. The Morgan fingerprint density at radius 1 is 1.17 bits per heavy atom. The van der Waals surface area contributed by atoms with E-state index >= 15 is 0 Å². The summed E-state index contributed by atoms with van der Waals surface area (Å²) < 4.78 is 41.1. The molecule has 0 saturated heterocycles. The number of nitrogens with zero attached hydrogens (tertiary/aromatic N) is 3. The summed E-state index contributed by atoms with van der Waals surface area (Å²) in [6, 6.07) is 7.59. The van der Waals surface area contributed by atoms with Gasteiger partial charge in [0.15, 0.2) is 11.4 Å². The lowest BCUT2D eigenvalue weighted by Crippen LogP contribution is -2.04. The van der Waals surface area contributed by atoms with Gasteiger partial charge in [-0.05, 0) is 18.2 Å². The van der Waals surface area contributed by atoms with Crippen LogP contribution in [-0.2, 0) is 6.18 Å². The average molecular weight is 388 g/mol. The molecular weight excluding hydrogens is 382 g/mol. The summed E-state index contributed by atoms with van der Waals surface area (Å²) in [6.07, 6.45) is -3.70. The molecule has 122 valence electrons. The Labute approximate surface area is 148 Å². The Morgan fingerprint density at radius 3 is 2.33 bits per heavy atom. The van der Waals surface area contributed by atoms with Crippen molar-refractivity contribution >= 4 is 40.2 Å². The van der Waals surface area contributed by atoms with E-state index in [1.165, 1.54) is 22.8 Å². The van der Waals surface area contributed by atoms with Gasteiger partial charge in [-0.15, -0.1) is 11.3 Å². The van der Waals surface area contributed by atoms with E-state index in [2.05, 4.69) is 9.83 Å². The topological polar surface area (TPSA) is 22.2 Å². The second-order valence-electron chi connectivity index (χ2n) is 4.68. The lowest BCUT2D eigenvalue weighted by atomic mass is 10.2. The van der Waals surface area contributed by atoms with Crippen LogP contribution in [0.1, 0.15) is 5.69 Å². The molecule has 2 heterocycles. The first kappa shape index (κ1) is 16.8. The highest BCUT2D eigenvalue weighted by molar-refractivity contribution is 7.20. The highest BCUT2D eigenvalue weighted by atomic mass is 35.5. The van der Waals surface area contributed by atoms with Crippen LogP contribution in [0, 0.1) is 6.57 Å². The van der Waals surface area contributed by atoms with Crippen molar-refractivity contribution in [2.45, 2.75) is 6.18 Å². The summed E-state index contributed by atoms with van der Waals surface area (Å²) in [6.45, 7) is 6.94. The molecule has 0 radical (unpaired) electrons. The SMILES string of the molecule is [C-]#[N+]c1ccc(-n2cc(C(F)(F)F)nc2-c2cc(Cl)sc2Cl)cc1. The number of aromatic nitrogens is 2. The zero-order valence-corrected chi connectivity index (χ0v) is 13.9. The third-order valence-electron chi connectivity index (χ3n) is 3.15. The minimum atomic E-state index is -4.59. The molecule has 0 amide bonds. The molecule has 0 saturated carbocycles. The lowest BCUT2D eigenvalue weighted by molar-refractivity contribution is -0.140. The van der Waals surface area contributed by atoms with Crippen molar-refractivity contribution in [3.05, 3.63) is 62.3 Å². The van der Waals surface area contributed by atoms with Crippen LogP contribution in [0.4, 0.5) is 18.9 Å². The van der Waals surface area contributed by atoms with Crippen LogP contribution >= 0.6 is 34.5 Å². The Hall–Kier alpha value is -2.01. The lowest BCUT2D eigenvalue weighted by Gasteiger charge is -2.07. The fourth-order valence-corrected chi connectivity index (χ4v) is 3.54. The maximum absolute atomic E-state index is 13.1. The third-order valence-corrected chi connectivity index (χ3v) is 4.64. The quantitative estimate of drug-likeness (QED) is 0.461. The van der Waals surface area contributed by atoms with Crippen molar-refractivity contribution in [3.8, 4) is 17.1 Å². The molecule has 3 rings (SSSR count). The first-order chi connectivity index (χ1) is 11.3. The fourth-order valence-electron chi connectivity index (χ4n) is 2.08. The highest BCUT2D eigenvalue weighted by Crippen LogP contribution is 2.40. The molecule has 3 aromatic rings. The Kier molecular flexibility index (Phi) is 4.30. The zero-order valence-electron chi connectivity index (χ0n) is 11.6. The normalized spacial score (nSPS) is 11.5. The molecular formula is C15H6Cl2F3N3S. The second kappa shape index (κ2) is 6.13. The first-order valence-corrected chi connectivity index (χ1v) is 7.96. The van der Waals surface area contributed by atoms with Crippen LogP contribution in [0.15, 0.2) is 36.5 Å². The molecule has 0 unspecified atom stereocenters. The van der Waals surface area contributed by atoms with E-state index < -0.39 is 11.9 Å². The van der Waals surface area contributed by atoms with Crippen molar-refractivity contribution in [3.63, 3.8) is 0 Å². The van der Waals surface area contributed by atoms with Gasteiger partial charge in [0.05, 0.1) is 10.9 Å². The minimum absolute atomic E-state index is 0.0334. The van der Waals surface area contributed by atoms with Gasteiger partial charge in [0.25, 0.3) is 0 Å². The van der Waals surface area contributed by atoms with E-state index in [0.29, 0.717) is 21.3 Å². The summed E-state index contributed by atoms with van der Waals surface area (Å²) in [5.74, 6) is 0.0334. The number of halogens is 5. The summed E-state index contributed by atoms with van der Waals surface area (Å²) in [5, 5.41) is 0. The van der Waals surface area contributed by atoms with Gasteiger partial charge >= 0.3 is 6.18 Å². The molecule has 3 nitrogen and oxygen atoms in total. The van der Waals surface area contributed by atoms with Crippen LogP contribution in [0.5, 0.6) is 0 Å². The highest BCUT2D eigenvalue weighted by Gasteiger charge is 2.35. The molecule has 0 aliphatic heterocycles. The van der Waals surface area contributed by atoms with Gasteiger partial charge in [0.1, 0.15) is 10.2 Å². The van der Waals surface area contributed by atoms with Gasteiger partial charge in [0, 0.05) is 17.4 Å². The van der Waals surface area contributed by atoms with Crippen LogP contribution in [0.2, 0.25) is 8.67 Å². The molecule has 24 heavy (non-hydrogen) atoms. The number of benzene rings is 1. The summed E-state index contributed by atoms with van der Waals surface area (Å²) in [5.41, 5.74) is 0.0911. The van der Waals surface area contributed by atoms with E-state index in [4.69, 9.17) is 29.8 Å². The summed E-state index contributed by atoms with van der Waals surface area (Å²) in [7, 11) is 0. The monoisotopic (exact) mass is 387 g/mol. The Bertz CT molecular complexity index is 937. The van der Waals surface area contributed by atoms with E-state index in [9.17, 15) is 13.2 Å². The standard InChI is InChI=1S/C15H6Cl2F3N3S/c1-21-8-2-4-9(5-3-8)23-7-11(15(18,19)20)22-14(23)10-6-12(16)24-13(10)17/h2-7H. The van der Waals surface area contributed by atoms with E-state index in [1.807, 2.05) is 0 Å². The number of rotatable bonds is 2. The Balaban J connectivity index is 2.21. The van der Waals surface area contributed by atoms with Gasteiger partial charge in [-0.3, -0.25) is 4.57 Å². The molecule has 0 N–H and O–H groups in total. The predicted molar refractivity (Wildman–Crippen MR) is 88.2 cm³/mol. The smallest absolute Gasteiger partial charge is 0.299 e. The first-order valence-electron chi connectivity index (χ1n) is 6.39. The average Bonchev–Trinajstić information content (AvgIpc) is 3.10. The van der Waals surface area contributed by atoms with Crippen molar-refractivity contribution in [2.24, 2.45) is 0 Å². The second-order valence-corrected chi connectivity index (χ2v) is 6.97. The van der Waals surface area contributed by atoms with Crippen molar-refractivity contribution in [1.82, 2.24) is 9.55 Å². The molecule has 0 bridgehead atoms. The van der Waals surface area contributed by atoms with Crippen molar-refractivity contribution in [2.75, 3.05) is 0 Å². The molecule has 0 atom stereocenters. The molecule has 9 heteroatoms.